The second-order valence-corrected chi connectivity index (χ2v) is 3.70. The molecule has 1 heterocycles. The van der Waals surface area contributed by atoms with E-state index in [1.807, 2.05) is 24.3 Å². The SMILES string of the molecule is CCOC(=O)c1cncn1-c1ccccc1CN. The lowest BCUT2D eigenvalue weighted by molar-refractivity contribution is 0.0517. The van der Waals surface area contributed by atoms with Gasteiger partial charge in [0.2, 0.25) is 0 Å². The van der Waals surface area contributed by atoms with Crippen LogP contribution in [-0.4, -0.2) is 22.1 Å². The van der Waals surface area contributed by atoms with Crippen LogP contribution in [0.3, 0.4) is 0 Å². The molecule has 0 aliphatic heterocycles. The van der Waals surface area contributed by atoms with Crippen molar-refractivity contribution >= 4 is 5.97 Å². The lowest BCUT2D eigenvalue weighted by Crippen LogP contribution is -2.12. The number of hydrogen-bond donors (Lipinski definition) is 1. The molecule has 0 aliphatic carbocycles. The molecule has 0 bridgehead atoms. The number of carbonyl (C=O) groups is 1. The molecule has 2 aromatic rings. The first-order valence-corrected chi connectivity index (χ1v) is 5.75. The van der Waals surface area contributed by atoms with Crippen molar-refractivity contribution in [2.75, 3.05) is 6.61 Å². The Morgan fingerprint density at radius 3 is 2.94 bits per heavy atom. The molecule has 1 aromatic heterocycles. The second kappa shape index (κ2) is 5.46. The molecule has 0 spiro atoms. The number of nitrogens with two attached hydrogens (primary N) is 1. The van der Waals surface area contributed by atoms with E-state index in [4.69, 9.17) is 10.5 Å². The smallest absolute Gasteiger partial charge is 0.356 e. The molecule has 2 rings (SSSR count). The van der Waals surface area contributed by atoms with Gasteiger partial charge in [0.25, 0.3) is 0 Å². The number of benzene rings is 1. The Hall–Kier alpha value is -2.14. The summed E-state index contributed by atoms with van der Waals surface area (Å²) >= 11 is 0. The van der Waals surface area contributed by atoms with E-state index < -0.39 is 0 Å². The van der Waals surface area contributed by atoms with Gasteiger partial charge in [-0.25, -0.2) is 9.78 Å². The molecule has 2 N–H and O–H groups in total. The molecule has 5 heteroatoms. The maximum atomic E-state index is 11.8. The van der Waals surface area contributed by atoms with Crippen molar-refractivity contribution < 1.29 is 9.53 Å². The molecule has 0 atom stereocenters. The van der Waals surface area contributed by atoms with Crippen molar-refractivity contribution in [3.8, 4) is 5.69 Å². The number of imidazole rings is 1. The van der Waals surface area contributed by atoms with Gasteiger partial charge in [-0.05, 0) is 18.6 Å². The third-order valence-corrected chi connectivity index (χ3v) is 2.59. The Morgan fingerprint density at radius 1 is 1.44 bits per heavy atom. The summed E-state index contributed by atoms with van der Waals surface area (Å²) in [5.74, 6) is -0.387. The van der Waals surface area contributed by atoms with Crippen LogP contribution in [0.15, 0.2) is 36.8 Å². The summed E-state index contributed by atoms with van der Waals surface area (Å²) in [4.78, 5) is 15.8. The van der Waals surface area contributed by atoms with Gasteiger partial charge in [-0.2, -0.15) is 0 Å². The monoisotopic (exact) mass is 245 g/mol. The van der Waals surface area contributed by atoms with Crippen LogP contribution >= 0.6 is 0 Å². The lowest BCUT2D eigenvalue weighted by Gasteiger charge is -2.11. The van der Waals surface area contributed by atoms with Crippen LogP contribution < -0.4 is 5.73 Å². The fourth-order valence-electron chi connectivity index (χ4n) is 1.76. The number of esters is 1. The van der Waals surface area contributed by atoms with Crippen LogP contribution in [-0.2, 0) is 11.3 Å². The molecular weight excluding hydrogens is 230 g/mol. The summed E-state index contributed by atoms with van der Waals surface area (Å²) in [7, 11) is 0. The molecule has 0 fully saturated rings. The third-order valence-electron chi connectivity index (χ3n) is 2.59. The van der Waals surface area contributed by atoms with E-state index in [9.17, 15) is 4.79 Å². The molecular formula is C13H15N3O2. The van der Waals surface area contributed by atoms with E-state index >= 15 is 0 Å². The summed E-state index contributed by atoms with van der Waals surface area (Å²) in [6.07, 6.45) is 3.08. The van der Waals surface area contributed by atoms with Gasteiger partial charge in [-0.1, -0.05) is 18.2 Å². The van der Waals surface area contributed by atoms with Crippen LogP contribution in [0, 0.1) is 0 Å². The zero-order valence-electron chi connectivity index (χ0n) is 10.2. The van der Waals surface area contributed by atoms with E-state index in [2.05, 4.69) is 4.98 Å². The fraction of sp³-hybridized carbons (Fsp3) is 0.231. The number of aromatic nitrogens is 2. The Labute approximate surface area is 105 Å². The van der Waals surface area contributed by atoms with E-state index in [1.165, 1.54) is 6.20 Å². The summed E-state index contributed by atoms with van der Waals surface area (Å²) in [5.41, 5.74) is 7.89. The van der Waals surface area contributed by atoms with Gasteiger partial charge in [0.05, 0.1) is 24.8 Å². The second-order valence-electron chi connectivity index (χ2n) is 3.70. The average Bonchev–Trinajstić information content (AvgIpc) is 2.88. The van der Waals surface area contributed by atoms with Crippen LogP contribution in [0.1, 0.15) is 23.0 Å². The lowest BCUT2D eigenvalue weighted by atomic mass is 10.1. The normalized spacial score (nSPS) is 10.3. The van der Waals surface area contributed by atoms with Crippen molar-refractivity contribution in [3.63, 3.8) is 0 Å². The maximum Gasteiger partial charge on any atom is 0.356 e. The Balaban J connectivity index is 2.45. The fourth-order valence-corrected chi connectivity index (χ4v) is 1.76. The number of rotatable bonds is 4. The zero-order chi connectivity index (χ0) is 13.0. The number of ether oxygens (including phenoxy) is 1. The van der Waals surface area contributed by atoms with Gasteiger partial charge in [-0.15, -0.1) is 0 Å². The van der Waals surface area contributed by atoms with Gasteiger partial charge in [0, 0.05) is 6.54 Å². The van der Waals surface area contributed by atoms with E-state index in [-0.39, 0.29) is 5.97 Å². The van der Waals surface area contributed by atoms with Gasteiger partial charge < -0.3 is 10.5 Å². The maximum absolute atomic E-state index is 11.8. The Bertz CT molecular complexity index is 549. The molecule has 0 saturated heterocycles. The minimum absolute atomic E-state index is 0.336. The van der Waals surface area contributed by atoms with Crippen LogP contribution in [0.4, 0.5) is 0 Å². The molecule has 1 aromatic carbocycles. The van der Waals surface area contributed by atoms with Crippen LogP contribution in [0.25, 0.3) is 5.69 Å². The average molecular weight is 245 g/mol. The summed E-state index contributed by atoms with van der Waals surface area (Å²) in [5, 5.41) is 0. The van der Waals surface area contributed by atoms with Crippen molar-refractivity contribution in [1.82, 2.24) is 9.55 Å². The number of para-hydroxylation sites is 1. The third kappa shape index (κ3) is 2.26. The van der Waals surface area contributed by atoms with Crippen molar-refractivity contribution in [2.24, 2.45) is 5.73 Å². The quantitative estimate of drug-likeness (QED) is 0.829. The number of nitrogens with zero attached hydrogens (tertiary/aromatic N) is 2. The van der Waals surface area contributed by atoms with Crippen molar-refractivity contribution in [1.29, 1.82) is 0 Å². The van der Waals surface area contributed by atoms with Gasteiger partial charge in [0.1, 0.15) is 0 Å². The summed E-state index contributed by atoms with van der Waals surface area (Å²) in [6.45, 7) is 2.51. The van der Waals surface area contributed by atoms with Gasteiger partial charge >= 0.3 is 5.97 Å². The highest BCUT2D eigenvalue weighted by Crippen LogP contribution is 2.16. The topological polar surface area (TPSA) is 70.1 Å². The molecule has 0 radical (unpaired) electrons. The number of carbonyl (C=O) groups excluding carboxylic acids is 1. The molecule has 5 nitrogen and oxygen atoms in total. The Morgan fingerprint density at radius 2 is 2.22 bits per heavy atom. The zero-order valence-corrected chi connectivity index (χ0v) is 10.2. The summed E-state index contributed by atoms with van der Waals surface area (Å²) in [6, 6.07) is 7.62. The number of hydrogen-bond acceptors (Lipinski definition) is 4. The highest BCUT2D eigenvalue weighted by Gasteiger charge is 2.15. The first-order chi connectivity index (χ1) is 8.77. The standard InChI is InChI=1S/C13H15N3O2/c1-2-18-13(17)12-8-15-9-16(12)11-6-4-3-5-10(11)7-14/h3-6,8-9H,2,7,14H2,1H3. The molecule has 0 saturated carbocycles. The predicted molar refractivity (Wildman–Crippen MR) is 67.4 cm³/mol. The Kier molecular flexibility index (Phi) is 3.74. The van der Waals surface area contributed by atoms with Gasteiger partial charge in [0.15, 0.2) is 5.69 Å². The van der Waals surface area contributed by atoms with E-state index in [0.29, 0.717) is 18.8 Å². The molecule has 0 aliphatic rings. The van der Waals surface area contributed by atoms with Crippen LogP contribution in [0.5, 0.6) is 0 Å². The minimum Gasteiger partial charge on any atom is -0.461 e. The van der Waals surface area contributed by atoms with Crippen LogP contribution in [0.2, 0.25) is 0 Å². The largest absolute Gasteiger partial charge is 0.461 e. The highest BCUT2D eigenvalue weighted by molar-refractivity contribution is 5.88. The van der Waals surface area contributed by atoms with E-state index in [0.717, 1.165) is 11.3 Å². The summed E-state index contributed by atoms with van der Waals surface area (Å²) < 4.78 is 6.69. The predicted octanol–water partition coefficient (Wildman–Crippen LogP) is 1.51. The van der Waals surface area contributed by atoms with Crippen molar-refractivity contribution in [2.45, 2.75) is 13.5 Å². The first-order valence-electron chi connectivity index (χ1n) is 5.75. The first kappa shape index (κ1) is 12.3. The van der Waals surface area contributed by atoms with Crippen molar-refractivity contribution in [3.05, 3.63) is 48.0 Å². The highest BCUT2D eigenvalue weighted by atomic mass is 16.5. The van der Waals surface area contributed by atoms with Gasteiger partial charge in [-0.3, -0.25) is 4.57 Å². The molecule has 0 unspecified atom stereocenters. The van der Waals surface area contributed by atoms with E-state index in [1.54, 1.807) is 17.8 Å². The molecule has 0 amide bonds. The molecule has 94 valence electrons. The minimum atomic E-state index is -0.387. The molecule has 18 heavy (non-hydrogen) atoms.